The van der Waals surface area contributed by atoms with Crippen molar-refractivity contribution in [2.45, 2.75) is 6.54 Å². The zero-order valence-corrected chi connectivity index (χ0v) is 13.4. The molecule has 0 spiro atoms. The SMILES string of the molecule is Cn1ccc(C(=O)N2CCN(Cc3cccs3)CC2)cc1=O. The lowest BCUT2D eigenvalue weighted by Crippen LogP contribution is -2.48. The van der Waals surface area contributed by atoms with Crippen LogP contribution in [0.2, 0.25) is 0 Å². The fourth-order valence-corrected chi connectivity index (χ4v) is 3.34. The number of carbonyl (C=O) groups is 1. The van der Waals surface area contributed by atoms with Gasteiger partial charge in [-0.25, -0.2) is 0 Å². The molecule has 0 saturated carbocycles. The Labute approximate surface area is 133 Å². The second kappa shape index (κ2) is 6.46. The second-order valence-electron chi connectivity index (χ2n) is 5.51. The summed E-state index contributed by atoms with van der Waals surface area (Å²) in [7, 11) is 1.68. The molecule has 0 aliphatic carbocycles. The van der Waals surface area contributed by atoms with E-state index in [9.17, 15) is 9.59 Å². The third kappa shape index (κ3) is 3.28. The average molecular weight is 317 g/mol. The van der Waals surface area contributed by atoms with E-state index in [-0.39, 0.29) is 11.5 Å². The first-order valence-corrected chi connectivity index (χ1v) is 8.22. The van der Waals surface area contributed by atoms with Crippen molar-refractivity contribution in [3.8, 4) is 0 Å². The lowest BCUT2D eigenvalue weighted by atomic mass is 10.2. The number of hydrogen-bond donors (Lipinski definition) is 0. The summed E-state index contributed by atoms with van der Waals surface area (Å²) in [6, 6.07) is 7.33. The molecule has 22 heavy (non-hydrogen) atoms. The van der Waals surface area contributed by atoms with Crippen LogP contribution in [0.25, 0.3) is 0 Å². The van der Waals surface area contributed by atoms with Crippen LogP contribution < -0.4 is 5.56 Å². The molecule has 2 aromatic rings. The molecular weight excluding hydrogens is 298 g/mol. The average Bonchev–Trinajstić information content (AvgIpc) is 3.03. The van der Waals surface area contributed by atoms with Crippen molar-refractivity contribution in [3.05, 3.63) is 56.6 Å². The molecule has 1 fully saturated rings. The highest BCUT2D eigenvalue weighted by molar-refractivity contribution is 7.09. The van der Waals surface area contributed by atoms with E-state index < -0.39 is 0 Å². The number of aromatic nitrogens is 1. The Bertz CT molecular complexity index is 700. The van der Waals surface area contributed by atoms with Crippen LogP contribution >= 0.6 is 11.3 Å². The first-order chi connectivity index (χ1) is 10.6. The Morgan fingerprint density at radius 1 is 1.23 bits per heavy atom. The van der Waals surface area contributed by atoms with E-state index in [4.69, 9.17) is 0 Å². The summed E-state index contributed by atoms with van der Waals surface area (Å²) in [5, 5.41) is 2.09. The predicted molar refractivity (Wildman–Crippen MR) is 87.2 cm³/mol. The van der Waals surface area contributed by atoms with Crippen LogP contribution in [-0.2, 0) is 13.6 Å². The van der Waals surface area contributed by atoms with Crippen molar-refractivity contribution in [2.24, 2.45) is 7.05 Å². The molecule has 0 unspecified atom stereocenters. The van der Waals surface area contributed by atoms with Crippen LogP contribution in [0.4, 0.5) is 0 Å². The van der Waals surface area contributed by atoms with Crippen molar-refractivity contribution >= 4 is 17.2 Å². The van der Waals surface area contributed by atoms with Gasteiger partial charge in [-0.05, 0) is 17.5 Å². The zero-order valence-electron chi connectivity index (χ0n) is 12.6. The fourth-order valence-electron chi connectivity index (χ4n) is 2.60. The molecule has 0 N–H and O–H groups in total. The highest BCUT2D eigenvalue weighted by atomic mass is 32.1. The summed E-state index contributed by atoms with van der Waals surface area (Å²) in [6.07, 6.45) is 1.64. The van der Waals surface area contributed by atoms with Gasteiger partial charge in [-0.1, -0.05) is 6.07 Å². The molecule has 5 nitrogen and oxygen atoms in total. The molecule has 1 saturated heterocycles. The Morgan fingerprint density at radius 2 is 2.00 bits per heavy atom. The summed E-state index contributed by atoms with van der Waals surface area (Å²) < 4.78 is 1.47. The topological polar surface area (TPSA) is 45.6 Å². The summed E-state index contributed by atoms with van der Waals surface area (Å²) in [5.74, 6) is -0.0477. The zero-order chi connectivity index (χ0) is 15.5. The number of thiophene rings is 1. The van der Waals surface area contributed by atoms with E-state index in [1.165, 1.54) is 15.5 Å². The van der Waals surface area contributed by atoms with Crippen molar-refractivity contribution in [2.75, 3.05) is 26.2 Å². The number of hydrogen-bond acceptors (Lipinski definition) is 4. The quantitative estimate of drug-likeness (QED) is 0.860. The maximum atomic E-state index is 12.4. The summed E-state index contributed by atoms with van der Waals surface area (Å²) >= 11 is 1.76. The Kier molecular flexibility index (Phi) is 4.40. The van der Waals surface area contributed by atoms with E-state index in [0.29, 0.717) is 18.7 Å². The molecule has 0 aromatic carbocycles. The summed E-state index contributed by atoms with van der Waals surface area (Å²) in [5.41, 5.74) is 0.331. The van der Waals surface area contributed by atoms with Gasteiger partial charge in [-0.3, -0.25) is 14.5 Å². The molecule has 6 heteroatoms. The van der Waals surface area contributed by atoms with Gasteiger partial charge in [0.25, 0.3) is 11.5 Å². The van der Waals surface area contributed by atoms with Crippen LogP contribution in [-0.4, -0.2) is 46.5 Å². The number of nitrogens with zero attached hydrogens (tertiary/aromatic N) is 3. The number of amides is 1. The van der Waals surface area contributed by atoms with Crippen LogP contribution in [0.3, 0.4) is 0 Å². The highest BCUT2D eigenvalue weighted by Gasteiger charge is 2.22. The molecule has 0 bridgehead atoms. The van der Waals surface area contributed by atoms with E-state index in [1.807, 2.05) is 4.90 Å². The van der Waals surface area contributed by atoms with Crippen molar-refractivity contribution < 1.29 is 4.79 Å². The molecule has 3 heterocycles. The minimum Gasteiger partial charge on any atom is -0.336 e. The smallest absolute Gasteiger partial charge is 0.254 e. The molecular formula is C16H19N3O2S. The van der Waals surface area contributed by atoms with Crippen LogP contribution in [0.15, 0.2) is 40.6 Å². The van der Waals surface area contributed by atoms with Crippen molar-refractivity contribution in [3.63, 3.8) is 0 Å². The normalized spacial score (nSPS) is 16.0. The first kappa shape index (κ1) is 15.0. The Balaban J connectivity index is 1.59. The molecule has 3 rings (SSSR count). The number of aryl methyl sites for hydroxylation is 1. The van der Waals surface area contributed by atoms with Gasteiger partial charge in [0.05, 0.1) is 0 Å². The van der Waals surface area contributed by atoms with Gasteiger partial charge in [0.2, 0.25) is 0 Å². The van der Waals surface area contributed by atoms with E-state index in [2.05, 4.69) is 22.4 Å². The number of pyridine rings is 1. The Hall–Kier alpha value is -1.92. The molecule has 1 aliphatic heterocycles. The van der Waals surface area contributed by atoms with Crippen LogP contribution in [0.5, 0.6) is 0 Å². The number of rotatable bonds is 3. The summed E-state index contributed by atoms with van der Waals surface area (Å²) in [6.45, 7) is 4.10. The second-order valence-corrected chi connectivity index (χ2v) is 6.54. The molecule has 2 aromatic heterocycles. The van der Waals surface area contributed by atoms with Gasteiger partial charge >= 0.3 is 0 Å². The minimum atomic E-state index is -0.151. The van der Waals surface area contributed by atoms with Crippen LogP contribution in [0.1, 0.15) is 15.2 Å². The molecule has 1 aliphatic rings. The van der Waals surface area contributed by atoms with Gasteiger partial charge in [0.1, 0.15) is 0 Å². The first-order valence-electron chi connectivity index (χ1n) is 7.34. The molecule has 1 amide bonds. The lowest BCUT2D eigenvalue weighted by molar-refractivity contribution is 0.0629. The van der Waals surface area contributed by atoms with E-state index >= 15 is 0 Å². The molecule has 0 atom stereocenters. The molecule has 0 radical (unpaired) electrons. The van der Waals surface area contributed by atoms with Gasteiger partial charge in [-0.2, -0.15) is 0 Å². The number of piperazine rings is 1. The van der Waals surface area contributed by atoms with Gasteiger partial charge in [0.15, 0.2) is 0 Å². The third-order valence-corrected chi connectivity index (χ3v) is 4.83. The predicted octanol–water partition coefficient (Wildman–Crippen LogP) is 1.40. The van der Waals surface area contributed by atoms with Gasteiger partial charge < -0.3 is 9.47 Å². The minimum absolute atomic E-state index is 0.0477. The standard InChI is InChI=1S/C16H19N3O2S/c1-17-5-4-13(11-15(17)20)16(21)19-8-6-18(7-9-19)12-14-3-2-10-22-14/h2-5,10-11H,6-9,12H2,1H3. The largest absolute Gasteiger partial charge is 0.336 e. The maximum Gasteiger partial charge on any atom is 0.254 e. The Morgan fingerprint density at radius 3 is 2.64 bits per heavy atom. The van der Waals surface area contributed by atoms with Crippen LogP contribution in [0, 0.1) is 0 Å². The van der Waals surface area contributed by atoms with E-state index in [0.717, 1.165) is 19.6 Å². The lowest BCUT2D eigenvalue weighted by Gasteiger charge is -2.34. The monoisotopic (exact) mass is 317 g/mol. The number of carbonyl (C=O) groups excluding carboxylic acids is 1. The fraction of sp³-hybridized carbons (Fsp3) is 0.375. The van der Waals surface area contributed by atoms with Gasteiger partial charge in [0, 0.05) is 62.5 Å². The third-order valence-electron chi connectivity index (χ3n) is 3.97. The maximum absolute atomic E-state index is 12.4. The van der Waals surface area contributed by atoms with Crippen molar-refractivity contribution in [1.82, 2.24) is 14.4 Å². The molecule has 116 valence electrons. The van der Waals surface area contributed by atoms with Gasteiger partial charge in [-0.15, -0.1) is 11.3 Å². The van der Waals surface area contributed by atoms with Crippen molar-refractivity contribution in [1.29, 1.82) is 0 Å². The highest BCUT2D eigenvalue weighted by Crippen LogP contribution is 2.14. The summed E-state index contributed by atoms with van der Waals surface area (Å²) in [4.78, 5) is 29.6. The van der Waals surface area contributed by atoms with E-state index in [1.54, 1.807) is 30.6 Å².